The number of rotatable bonds is 19. The maximum Gasteiger partial charge on any atom is 0 e. The van der Waals surface area contributed by atoms with Crippen LogP contribution in [0, 0.1) is 70.3 Å². The van der Waals surface area contributed by atoms with Crippen LogP contribution in [0.4, 0.5) is 0 Å². The number of unbranched alkanes of at least 4 members (excludes halogenated alkanes) is 1. The Kier molecular flexibility index (Phi) is 30.5. The van der Waals surface area contributed by atoms with Gasteiger partial charge >= 0.3 is 39.9 Å². The second-order valence-electron chi connectivity index (χ2n) is 12.2. The summed E-state index contributed by atoms with van der Waals surface area (Å²) in [5, 5.41) is 0. The van der Waals surface area contributed by atoms with Crippen molar-refractivity contribution >= 4 is 14.3 Å². The van der Waals surface area contributed by atoms with Crippen LogP contribution in [0.5, 0.6) is 0 Å². The van der Waals surface area contributed by atoms with Crippen LogP contribution >= 0.6 is 0 Å². The summed E-state index contributed by atoms with van der Waals surface area (Å²) in [6, 6.07) is 2.99. The summed E-state index contributed by atoms with van der Waals surface area (Å²) >= 11 is 0. The molecule has 0 bridgehead atoms. The van der Waals surface area contributed by atoms with Crippen LogP contribution < -0.4 is 0 Å². The Morgan fingerprint density at radius 2 is 1.63 bits per heavy atom. The first kappa shape index (κ1) is 51.7. The van der Waals surface area contributed by atoms with Gasteiger partial charge in [0.15, 0.2) is 14.1 Å². The van der Waals surface area contributed by atoms with Crippen molar-refractivity contribution in [2.45, 2.75) is 141 Å². The Bertz CT molecular complexity index is 1010. The summed E-state index contributed by atoms with van der Waals surface area (Å²) in [6.45, 7) is 35.5. The molecule has 0 spiro atoms. The molecule has 8 atom stereocenters. The summed E-state index contributed by atoms with van der Waals surface area (Å²) < 4.78 is 54.5. The third-order valence-electron chi connectivity index (χ3n) is 8.69. The van der Waals surface area contributed by atoms with Gasteiger partial charge in [-0.1, -0.05) is 52.8 Å². The number of hydrogen-bond donors (Lipinski definition) is 0. The molecule has 2 fully saturated rings. The number of esters is 1. The summed E-state index contributed by atoms with van der Waals surface area (Å²) in [6.07, 6.45) is 19.8. The van der Waals surface area contributed by atoms with E-state index in [4.69, 9.17) is 43.8 Å². The van der Waals surface area contributed by atoms with Crippen molar-refractivity contribution in [3.63, 3.8) is 0 Å². The van der Waals surface area contributed by atoms with E-state index in [1.165, 1.54) is 0 Å². The maximum atomic E-state index is 13.2. The quantitative estimate of drug-likeness (QED) is 0.0338. The molecule has 0 aromatic rings. The minimum atomic E-state index is -2.06. The van der Waals surface area contributed by atoms with Gasteiger partial charge in [0.1, 0.15) is 24.4 Å². The van der Waals surface area contributed by atoms with E-state index in [1.807, 2.05) is 20.8 Å². The van der Waals surface area contributed by atoms with Crippen LogP contribution in [0.15, 0.2) is 24.8 Å². The van der Waals surface area contributed by atoms with E-state index in [0.29, 0.717) is 6.42 Å². The normalized spacial score (nSPS) is 23.2. The number of terminal acetylenes is 1. The Hall–Kier alpha value is -1.69. The van der Waals surface area contributed by atoms with Gasteiger partial charge in [-0.05, 0) is 83.8 Å². The Morgan fingerprint density at radius 3 is 2.14 bits per heavy atom. The van der Waals surface area contributed by atoms with Crippen LogP contribution in [-0.2, 0) is 59.2 Å². The van der Waals surface area contributed by atoms with E-state index in [2.05, 4.69) is 79.2 Å². The molecular formula is C38H56FeO9Si. The van der Waals surface area contributed by atoms with E-state index < -0.39 is 26.1 Å². The summed E-state index contributed by atoms with van der Waals surface area (Å²) in [5.41, 5.74) is 0. The molecule has 0 aliphatic carbocycles. The van der Waals surface area contributed by atoms with Crippen molar-refractivity contribution in [2.24, 2.45) is 11.8 Å². The fraction of sp³-hybridized carbons (Fsp3) is 0.632. The third kappa shape index (κ3) is 17.9. The van der Waals surface area contributed by atoms with Crippen molar-refractivity contribution in [1.29, 1.82) is 0 Å². The predicted molar refractivity (Wildman–Crippen MR) is 184 cm³/mol. The summed E-state index contributed by atoms with van der Waals surface area (Å²) in [7, 11) is -2.06. The van der Waals surface area contributed by atoms with Crippen molar-refractivity contribution in [3.8, 4) is 12.3 Å². The molecular weight excluding hydrogens is 684 g/mol. The number of carbonyl (C=O) groups is 1. The molecule has 2 aliphatic heterocycles. The number of allylic oxidation sites excluding steroid dienone is 1. The van der Waals surface area contributed by atoms with Crippen molar-refractivity contribution in [2.75, 3.05) is 0 Å². The molecule has 0 aromatic carbocycles. The van der Waals surface area contributed by atoms with Crippen molar-refractivity contribution in [1.82, 2.24) is 0 Å². The largest absolute Gasteiger partial charge is 0 e. The van der Waals surface area contributed by atoms with Gasteiger partial charge < -0.3 is 23.4 Å². The van der Waals surface area contributed by atoms with Gasteiger partial charge in [-0.25, -0.2) is 0 Å². The van der Waals surface area contributed by atoms with Crippen LogP contribution in [0.3, 0.4) is 0 Å². The van der Waals surface area contributed by atoms with Crippen LogP contribution in [-0.4, -0.2) is 56.7 Å². The van der Waals surface area contributed by atoms with E-state index >= 15 is 0 Å². The van der Waals surface area contributed by atoms with Crippen LogP contribution in [0.1, 0.15) is 80.6 Å². The first-order chi connectivity index (χ1) is 23.0. The monoisotopic (exact) mass is 740 g/mol. The number of ether oxygens (including phenoxy) is 4. The standard InChI is InChI=1S/C35H56O6Si.3CO.Fe/c1-11-17-21-27(8)34(36)38-32(26(7)20-12-2)33(41-42(14-4,15-5)16-6)31-25-24-28(37-31)22-18-19-23-30-29(13-3)39-35(9,10)40-30;3*1-2;/h2,11,13,17,19,21,23,26-33H,1,3,14-16,18,20,22,24-25H2,4-10H3;;;;/b23-19+;;;;/t26-,27-,28+,29-,30-,31+,32-,33-;;;;/m1..../s1. The molecule has 2 rings (SSSR count). The van der Waals surface area contributed by atoms with Gasteiger partial charge in [-0.15, -0.1) is 18.9 Å². The van der Waals surface area contributed by atoms with Crippen molar-refractivity contribution < 1.29 is 59.2 Å². The van der Waals surface area contributed by atoms with Crippen molar-refractivity contribution in [3.05, 3.63) is 70.9 Å². The van der Waals surface area contributed by atoms with Crippen LogP contribution in [0.2, 0.25) is 18.1 Å². The zero-order valence-electron chi connectivity index (χ0n) is 30.3. The topological polar surface area (TPSA) is 123 Å². The molecule has 0 N–H and O–H groups in total. The molecule has 0 amide bonds. The molecule has 2 saturated heterocycles. The summed E-state index contributed by atoms with van der Waals surface area (Å²) in [5.74, 6) is 1.40. The van der Waals surface area contributed by atoms with Gasteiger partial charge in [0.05, 0.1) is 18.1 Å². The van der Waals surface area contributed by atoms with E-state index in [-0.39, 0.29) is 59.5 Å². The Labute approximate surface area is 308 Å². The van der Waals surface area contributed by atoms with Gasteiger partial charge in [-0.3, -0.25) is 4.79 Å². The van der Waals surface area contributed by atoms with E-state index in [1.54, 1.807) is 25.3 Å². The van der Waals surface area contributed by atoms with E-state index in [0.717, 1.165) is 43.8 Å². The zero-order chi connectivity index (χ0) is 37.3. The molecule has 49 heavy (non-hydrogen) atoms. The fourth-order valence-electron chi connectivity index (χ4n) is 5.87. The molecule has 0 saturated carbocycles. The second-order valence-corrected chi connectivity index (χ2v) is 16.9. The molecule has 0 unspecified atom stereocenters. The van der Waals surface area contributed by atoms with E-state index in [9.17, 15) is 4.79 Å². The Balaban J connectivity index is -0.00000286. The minimum Gasteiger partial charge on any atom is 0 e. The SMILES string of the molecule is C#CC[C@@H](C)[C@@H](OC(=O)[C@H](C)[CH][CH][CH][CH2])[C@H](O[Si](CC)(CC)CC)[C@@H]1CC[C@H](CC/C=C/[C@H]2OC(C)(C)O[C@@H]2C=C)O1.[C-]#[O+].[C-]#[O+].[C-]#[O+].[Fe]. The average Bonchev–Trinajstić information content (AvgIpc) is 3.71. The smallest absolute Gasteiger partial charge is 0 e. The predicted octanol–water partition coefficient (Wildman–Crippen LogP) is 7.51. The molecule has 11 heteroatoms. The summed E-state index contributed by atoms with van der Waals surface area (Å²) in [4.78, 5) is 13.2. The second kappa shape index (κ2) is 28.9. The first-order valence-electron chi connectivity index (χ1n) is 16.5. The molecule has 274 valence electrons. The fourth-order valence-corrected chi connectivity index (χ4v) is 8.73. The molecule has 2 aliphatic rings. The molecule has 2 heterocycles. The van der Waals surface area contributed by atoms with Gasteiger partial charge in [-0.2, -0.15) is 0 Å². The molecule has 0 aromatic heterocycles. The maximum absolute atomic E-state index is 13.2. The average molecular weight is 741 g/mol. The molecule has 4 radical (unpaired) electrons. The van der Waals surface area contributed by atoms with Gasteiger partial charge in [0.2, 0.25) is 0 Å². The first-order valence-corrected chi connectivity index (χ1v) is 19.0. The minimum absolute atomic E-state index is 0. The zero-order valence-corrected chi connectivity index (χ0v) is 32.4. The third-order valence-corrected chi connectivity index (χ3v) is 13.3. The van der Waals surface area contributed by atoms with Crippen LogP contribution in [0.25, 0.3) is 0 Å². The van der Waals surface area contributed by atoms with Gasteiger partial charge in [0.25, 0.3) is 0 Å². The Morgan fingerprint density at radius 1 is 1.06 bits per heavy atom. The number of carbonyl (C=O) groups excluding carboxylic acids is 1. The van der Waals surface area contributed by atoms with Gasteiger partial charge in [0, 0.05) is 29.4 Å². The molecule has 9 nitrogen and oxygen atoms in total. The number of hydrogen-bond acceptors (Lipinski definition) is 6.